The molecule has 0 aromatic carbocycles. The van der Waals surface area contributed by atoms with Crippen molar-refractivity contribution in [3.8, 4) is 0 Å². The molecule has 24 heavy (non-hydrogen) atoms. The van der Waals surface area contributed by atoms with Crippen LogP contribution >= 0.6 is 0 Å². The molecule has 4 saturated carbocycles. The summed E-state index contributed by atoms with van der Waals surface area (Å²) in [5.41, 5.74) is 0.921. The van der Waals surface area contributed by atoms with Crippen LogP contribution in [0.3, 0.4) is 0 Å². The minimum absolute atomic E-state index is 0.0250. The van der Waals surface area contributed by atoms with Crippen LogP contribution in [0.15, 0.2) is 10.6 Å². The maximum Gasteiger partial charge on any atom is 0.276 e. The summed E-state index contributed by atoms with van der Waals surface area (Å²) in [5.74, 6) is 3.67. The zero-order chi connectivity index (χ0) is 16.3. The SMILES string of the molecule is Cc1cc(C(=O)N2CCN(C34CC5CC(CC(C5)C3)C4)CC2)no1. The summed E-state index contributed by atoms with van der Waals surface area (Å²) in [6.07, 6.45) is 8.70. The van der Waals surface area contributed by atoms with Crippen molar-refractivity contribution < 1.29 is 9.32 Å². The highest BCUT2D eigenvalue weighted by molar-refractivity contribution is 5.92. The van der Waals surface area contributed by atoms with Crippen molar-refractivity contribution >= 4 is 5.91 Å². The van der Waals surface area contributed by atoms with Crippen molar-refractivity contribution in [2.75, 3.05) is 26.2 Å². The lowest BCUT2D eigenvalue weighted by molar-refractivity contribution is -0.0987. The summed E-state index contributed by atoms with van der Waals surface area (Å²) >= 11 is 0. The highest BCUT2D eigenvalue weighted by atomic mass is 16.5. The molecule has 5 nitrogen and oxygen atoms in total. The third kappa shape index (κ3) is 2.32. The summed E-state index contributed by atoms with van der Waals surface area (Å²) < 4.78 is 5.05. The van der Waals surface area contributed by atoms with Gasteiger partial charge < -0.3 is 9.42 Å². The number of piperazine rings is 1. The highest BCUT2D eigenvalue weighted by Gasteiger charge is 2.53. The Morgan fingerprint density at radius 1 is 1.08 bits per heavy atom. The fourth-order valence-electron chi connectivity index (χ4n) is 6.47. The summed E-state index contributed by atoms with van der Waals surface area (Å²) in [4.78, 5) is 17.3. The molecule has 1 amide bonds. The molecule has 4 bridgehead atoms. The van der Waals surface area contributed by atoms with E-state index < -0.39 is 0 Å². The van der Waals surface area contributed by atoms with Crippen molar-refractivity contribution in [1.82, 2.24) is 15.0 Å². The van der Waals surface area contributed by atoms with Crippen LogP contribution in [0.25, 0.3) is 0 Å². The quantitative estimate of drug-likeness (QED) is 0.837. The van der Waals surface area contributed by atoms with Crippen LogP contribution in [-0.4, -0.2) is 52.6 Å². The minimum atomic E-state index is 0.0250. The molecule has 1 aromatic rings. The fourth-order valence-corrected chi connectivity index (χ4v) is 6.47. The van der Waals surface area contributed by atoms with Gasteiger partial charge in [0.05, 0.1) is 0 Å². The number of aryl methyl sites for hydroxylation is 1. The molecule has 130 valence electrons. The van der Waals surface area contributed by atoms with Gasteiger partial charge in [-0.2, -0.15) is 0 Å². The summed E-state index contributed by atoms with van der Waals surface area (Å²) in [5, 5.41) is 3.88. The maximum absolute atomic E-state index is 12.6. The van der Waals surface area contributed by atoms with Gasteiger partial charge in [-0.05, 0) is 63.2 Å². The number of rotatable bonds is 2. The van der Waals surface area contributed by atoms with Crippen LogP contribution in [0.2, 0.25) is 0 Å². The molecule has 0 unspecified atom stereocenters. The second-order valence-corrected chi connectivity index (χ2v) is 8.74. The number of hydrogen-bond acceptors (Lipinski definition) is 4. The lowest BCUT2D eigenvalue weighted by atomic mass is 9.52. The molecule has 2 heterocycles. The van der Waals surface area contributed by atoms with Crippen LogP contribution in [0.1, 0.15) is 54.8 Å². The lowest BCUT2D eigenvalue weighted by Crippen LogP contribution is -2.64. The molecule has 4 aliphatic carbocycles. The topological polar surface area (TPSA) is 49.6 Å². The Kier molecular flexibility index (Phi) is 3.31. The summed E-state index contributed by atoms with van der Waals surface area (Å²) in [7, 11) is 0. The Morgan fingerprint density at radius 2 is 1.67 bits per heavy atom. The average Bonchev–Trinajstić information content (AvgIpc) is 3.00. The van der Waals surface area contributed by atoms with Gasteiger partial charge in [-0.15, -0.1) is 0 Å². The predicted molar refractivity (Wildman–Crippen MR) is 89.6 cm³/mol. The number of aromatic nitrogens is 1. The van der Waals surface area contributed by atoms with E-state index in [0.717, 1.165) is 43.9 Å². The normalized spacial score (nSPS) is 38.7. The molecule has 0 N–H and O–H groups in total. The van der Waals surface area contributed by atoms with E-state index in [4.69, 9.17) is 4.52 Å². The Balaban J connectivity index is 1.26. The average molecular weight is 329 g/mol. The van der Waals surface area contributed by atoms with Crippen LogP contribution in [-0.2, 0) is 0 Å². The first-order valence-electron chi connectivity index (χ1n) is 9.59. The van der Waals surface area contributed by atoms with E-state index >= 15 is 0 Å². The van der Waals surface area contributed by atoms with Crippen molar-refractivity contribution in [1.29, 1.82) is 0 Å². The summed E-state index contributed by atoms with van der Waals surface area (Å²) in [6, 6.07) is 1.74. The van der Waals surface area contributed by atoms with Crippen molar-refractivity contribution in [3.63, 3.8) is 0 Å². The second-order valence-electron chi connectivity index (χ2n) is 8.74. The number of hydrogen-bond donors (Lipinski definition) is 0. The van der Waals surface area contributed by atoms with E-state index in [2.05, 4.69) is 10.1 Å². The third-order valence-corrected chi connectivity index (χ3v) is 7.09. The van der Waals surface area contributed by atoms with Crippen LogP contribution in [0.4, 0.5) is 0 Å². The van der Waals surface area contributed by atoms with E-state index in [0.29, 0.717) is 17.0 Å². The molecule has 1 aliphatic heterocycles. The molecule has 0 spiro atoms. The van der Waals surface area contributed by atoms with Crippen molar-refractivity contribution in [2.45, 2.75) is 51.0 Å². The first kappa shape index (κ1) is 14.9. The lowest BCUT2D eigenvalue weighted by Gasteiger charge is -2.61. The minimum Gasteiger partial charge on any atom is -0.361 e. The molecule has 0 atom stereocenters. The van der Waals surface area contributed by atoms with Crippen LogP contribution in [0, 0.1) is 24.7 Å². The smallest absolute Gasteiger partial charge is 0.276 e. The molecule has 5 heteroatoms. The van der Waals surface area contributed by atoms with Gasteiger partial charge in [0.2, 0.25) is 0 Å². The van der Waals surface area contributed by atoms with Gasteiger partial charge >= 0.3 is 0 Å². The van der Waals surface area contributed by atoms with E-state index in [9.17, 15) is 4.79 Å². The van der Waals surface area contributed by atoms with Crippen LogP contribution in [0.5, 0.6) is 0 Å². The number of amides is 1. The third-order valence-electron chi connectivity index (χ3n) is 7.09. The zero-order valence-electron chi connectivity index (χ0n) is 14.5. The summed E-state index contributed by atoms with van der Waals surface area (Å²) in [6.45, 7) is 5.53. The van der Waals surface area contributed by atoms with E-state index in [-0.39, 0.29) is 5.91 Å². The van der Waals surface area contributed by atoms with Gasteiger partial charge in [-0.25, -0.2) is 0 Å². The molecule has 5 fully saturated rings. The Labute approximate surface area is 143 Å². The Morgan fingerprint density at radius 3 is 2.17 bits per heavy atom. The fraction of sp³-hybridized carbons (Fsp3) is 0.789. The molecular formula is C19H27N3O2. The van der Waals surface area contributed by atoms with Gasteiger partial charge in [-0.1, -0.05) is 5.16 Å². The molecule has 6 rings (SSSR count). The van der Waals surface area contributed by atoms with Gasteiger partial charge in [0.1, 0.15) is 5.76 Å². The number of carbonyl (C=O) groups excluding carboxylic acids is 1. The molecule has 1 aromatic heterocycles. The number of carbonyl (C=O) groups is 1. The van der Waals surface area contributed by atoms with Crippen molar-refractivity contribution in [3.05, 3.63) is 17.5 Å². The monoisotopic (exact) mass is 329 g/mol. The standard InChI is InChI=1S/C19H27N3O2/c1-13-6-17(20-24-13)18(23)21-2-4-22(5-3-21)19-10-14-7-15(11-19)9-16(8-14)12-19/h6,14-16H,2-5,7-12H2,1H3. The van der Waals surface area contributed by atoms with E-state index in [1.54, 1.807) is 6.07 Å². The first-order chi connectivity index (χ1) is 11.6. The molecule has 0 radical (unpaired) electrons. The maximum atomic E-state index is 12.6. The largest absolute Gasteiger partial charge is 0.361 e. The molecule has 1 saturated heterocycles. The van der Waals surface area contributed by atoms with Gasteiger partial charge in [-0.3, -0.25) is 9.69 Å². The van der Waals surface area contributed by atoms with Crippen molar-refractivity contribution in [2.24, 2.45) is 17.8 Å². The van der Waals surface area contributed by atoms with Gasteiger partial charge in [0.25, 0.3) is 5.91 Å². The van der Waals surface area contributed by atoms with E-state index in [1.807, 2.05) is 11.8 Å². The van der Waals surface area contributed by atoms with E-state index in [1.165, 1.54) is 38.5 Å². The second kappa shape index (κ2) is 5.32. The molecular weight excluding hydrogens is 302 g/mol. The van der Waals surface area contributed by atoms with Gasteiger partial charge in [0.15, 0.2) is 5.69 Å². The van der Waals surface area contributed by atoms with Crippen LogP contribution < -0.4 is 0 Å². The Hall–Kier alpha value is -1.36. The predicted octanol–water partition coefficient (Wildman–Crippen LogP) is 2.71. The van der Waals surface area contributed by atoms with Gasteiger partial charge in [0, 0.05) is 37.8 Å². The first-order valence-corrected chi connectivity index (χ1v) is 9.59. The molecule has 5 aliphatic rings. The Bertz CT molecular complexity index is 610. The zero-order valence-corrected chi connectivity index (χ0v) is 14.5. The number of nitrogens with zero attached hydrogens (tertiary/aromatic N) is 3. The highest BCUT2D eigenvalue weighted by Crippen LogP contribution is 2.57.